The van der Waals surface area contributed by atoms with E-state index in [1.807, 2.05) is 37.3 Å². The van der Waals surface area contributed by atoms with E-state index in [2.05, 4.69) is 29.0 Å². The molecule has 0 bridgehead atoms. The molecule has 0 spiro atoms. The number of hydrogen-bond acceptors (Lipinski definition) is 4. The lowest BCUT2D eigenvalue weighted by molar-refractivity contribution is -0.140. The second kappa shape index (κ2) is 8.06. The molecule has 0 radical (unpaired) electrons. The Hall–Kier alpha value is -3.54. The average molecular weight is 403 g/mol. The third-order valence-electron chi connectivity index (χ3n) is 5.50. The number of benzene rings is 1. The minimum atomic E-state index is -0.203. The zero-order valence-electron chi connectivity index (χ0n) is 17.6. The van der Waals surface area contributed by atoms with E-state index in [4.69, 9.17) is 14.5 Å². The van der Waals surface area contributed by atoms with E-state index in [1.54, 1.807) is 7.11 Å². The summed E-state index contributed by atoms with van der Waals surface area (Å²) in [4.78, 5) is 23.1. The van der Waals surface area contributed by atoms with Gasteiger partial charge in [-0.2, -0.15) is 0 Å². The number of rotatable bonds is 5. The van der Waals surface area contributed by atoms with Gasteiger partial charge in [0.2, 0.25) is 0 Å². The van der Waals surface area contributed by atoms with Crippen LogP contribution in [0.1, 0.15) is 28.9 Å². The van der Waals surface area contributed by atoms with E-state index in [9.17, 15) is 4.79 Å². The van der Waals surface area contributed by atoms with E-state index in [0.717, 1.165) is 55.2 Å². The van der Waals surface area contributed by atoms with Crippen LogP contribution in [0.15, 0.2) is 35.3 Å². The first kappa shape index (κ1) is 19.8. The number of H-pyrrole nitrogens is 2. The van der Waals surface area contributed by atoms with E-state index in [-0.39, 0.29) is 5.97 Å². The van der Waals surface area contributed by atoms with Gasteiger partial charge in [-0.1, -0.05) is 18.2 Å². The highest BCUT2D eigenvalue weighted by Gasteiger charge is 2.13. The Bertz CT molecular complexity index is 1320. The van der Waals surface area contributed by atoms with E-state index < -0.39 is 0 Å². The van der Waals surface area contributed by atoms with Crippen molar-refractivity contribution in [2.75, 3.05) is 14.2 Å². The van der Waals surface area contributed by atoms with Crippen LogP contribution in [0.4, 0.5) is 0 Å². The summed E-state index contributed by atoms with van der Waals surface area (Å²) in [5, 5.41) is 3.85. The van der Waals surface area contributed by atoms with Crippen molar-refractivity contribution in [3.8, 4) is 5.75 Å². The average Bonchev–Trinajstić information content (AvgIpc) is 3.42. The zero-order valence-corrected chi connectivity index (χ0v) is 17.6. The van der Waals surface area contributed by atoms with Gasteiger partial charge < -0.3 is 19.4 Å². The van der Waals surface area contributed by atoms with Crippen molar-refractivity contribution in [3.63, 3.8) is 0 Å². The van der Waals surface area contributed by atoms with Crippen molar-refractivity contribution >= 4 is 23.8 Å². The van der Waals surface area contributed by atoms with Crippen LogP contribution in [0.2, 0.25) is 0 Å². The fraction of sp³-hybridized carbons (Fsp3) is 0.250. The molecule has 2 aromatic heterocycles. The number of carbonyl (C=O) groups is 1. The third kappa shape index (κ3) is 3.68. The highest BCUT2D eigenvalue weighted by molar-refractivity contribution is 5.77. The molecule has 6 heteroatoms. The lowest BCUT2D eigenvalue weighted by Crippen LogP contribution is -2.19. The molecule has 154 valence electrons. The summed E-state index contributed by atoms with van der Waals surface area (Å²) >= 11 is 0. The number of nitrogens with zero attached hydrogens (tertiary/aromatic N) is 1. The Kier molecular flexibility index (Phi) is 5.31. The number of aromatic nitrogens is 2. The highest BCUT2D eigenvalue weighted by Crippen LogP contribution is 2.20. The molecule has 0 unspecified atom stereocenters. The summed E-state index contributed by atoms with van der Waals surface area (Å²) in [6.07, 6.45) is 5.11. The molecule has 1 aliphatic heterocycles. The standard InChI is InChI=1S/C24H25N3O3/c1-14-17(9-10-24(28)30-4)15(2)25-19(14)12-22-23(29-3)13-21(27-22)20-11-16-7-5-6-8-18(16)26-20/h5-8,11-13,25,27H,9-10H2,1-4H3/b21-20?,22-12+. The molecular weight excluding hydrogens is 378 g/mol. The monoisotopic (exact) mass is 403 g/mol. The van der Waals surface area contributed by atoms with Gasteiger partial charge in [-0.3, -0.25) is 4.79 Å². The summed E-state index contributed by atoms with van der Waals surface area (Å²) < 4.78 is 10.4. The van der Waals surface area contributed by atoms with Gasteiger partial charge in [0, 0.05) is 29.1 Å². The summed E-state index contributed by atoms with van der Waals surface area (Å²) in [6, 6.07) is 10.0. The number of esters is 1. The van der Waals surface area contributed by atoms with Gasteiger partial charge in [0.15, 0.2) is 0 Å². The zero-order chi connectivity index (χ0) is 21.3. The van der Waals surface area contributed by atoms with Crippen LogP contribution in [0.3, 0.4) is 0 Å². The molecule has 0 saturated carbocycles. The van der Waals surface area contributed by atoms with Crippen LogP contribution < -0.4 is 26.0 Å². The van der Waals surface area contributed by atoms with Crippen LogP contribution in [-0.2, 0) is 16.0 Å². The Morgan fingerprint density at radius 2 is 1.97 bits per heavy atom. The second-order valence-electron chi connectivity index (χ2n) is 7.35. The molecule has 6 nitrogen and oxygen atoms in total. The Labute approximate surface area is 174 Å². The van der Waals surface area contributed by atoms with E-state index in [1.165, 1.54) is 7.11 Å². The number of para-hydroxylation sites is 1. The normalized spacial score (nSPS) is 14.9. The largest absolute Gasteiger partial charge is 0.494 e. The topological polar surface area (TPSA) is 79.5 Å². The van der Waals surface area contributed by atoms with Gasteiger partial charge in [-0.25, -0.2) is 4.99 Å². The SMILES string of the molecule is COC(=O)CCc1c(C)[nH]c(/C=c2/[nH]c(=C3C=c4ccccc4=N3)cc2OC)c1C. The second-order valence-corrected chi connectivity index (χ2v) is 7.35. The Morgan fingerprint density at radius 3 is 2.70 bits per heavy atom. The molecule has 4 rings (SSSR count). The molecule has 30 heavy (non-hydrogen) atoms. The number of fused-ring (bicyclic) bond motifs is 1. The first-order valence-electron chi connectivity index (χ1n) is 9.89. The molecule has 0 amide bonds. The van der Waals surface area contributed by atoms with Gasteiger partial charge in [0.25, 0.3) is 0 Å². The number of aryl methyl sites for hydroxylation is 1. The van der Waals surface area contributed by atoms with Crippen LogP contribution in [-0.4, -0.2) is 30.2 Å². The van der Waals surface area contributed by atoms with Gasteiger partial charge in [-0.15, -0.1) is 0 Å². The van der Waals surface area contributed by atoms with Crippen LogP contribution in [0.25, 0.3) is 17.8 Å². The number of ether oxygens (including phenoxy) is 2. The van der Waals surface area contributed by atoms with E-state index in [0.29, 0.717) is 12.8 Å². The van der Waals surface area contributed by atoms with Gasteiger partial charge >= 0.3 is 5.97 Å². The fourth-order valence-corrected chi connectivity index (χ4v) is 3.83. The van der Waals surface area contributed by atoms with Crippen molar-refractivity contribution in [1.82, 2.24) is 9.97 Å². The maximum atomic E-state index is 11.5. The first-order valence-corrected chi connectivity index (χ1v) is 9.89. The van der Waals surface area contributed by atoms with Crippen molar-refractivity contribution in [1.29, 1.82) is 0 Å². The Balaban J connectivity index is 1.77. The molecule has 0 saturated heterocycles. The molecule has 1 aliphatic rings. The summed E-state index contributed by atoms with van der Waals surface area (Å²) in [7, 11) is 3.08. The van der Waals surface area contributed by atoms with Crippen molar-refractivity contribution in [3.05, 3.63) is 74.1 Å². The van der Waals surface area contributed by atoms with Crippen LogP contribution in [0.5, 0.6) is 5.75 Å². The fourth-order valence-electron chi connectivity index (χ4n) is 3.83. The summed E-state index contributed by atoms with van der Waals surface area (Å²) in [5.74, 6) is 0.547. The molecule has 0 atom stereocenters. The number of aromatic amines is 2. The number of hydrogen-bond donors (Lipinski definition) is 2. The lowest BCUT2D eigenvalue weighted by atomic mass is 10.0. The van der Waals surface area contributed by atoms with Gasteiger partial charge in [0.05, 0.1) is 36.0 Å². The molecule has 3 aromatic rings. The van der Waals surface area contributed by atoms with E-state index >= 15 is 0 Å². The van der Waals surface area contributed by atoms with Gasteiger partial charge in [0.1, 0.15) is 5.75 Å². The minimum Gasteiger partial charge on any atom is -0.494 e. The quantitative estimate of drug-likeness (QED) is 0.627. The lowest BCUT2D eigenvalue weighted by Gasteiger charge is -2.01. The summed E-state index contributed by atoms with van der Waals surface area (Å²) in [5.41, 5.74) is 5.18. The smallest absolute Gasteiger partial charge is 0.305 e. The van der Waals surface area contributed by atoms with Crippen LogP contribution in [0, 0.1) is 13.8 Å². The predicted molar refractivity (Wildman–Crippen MR) is 116 cm³/mol. The molecule has 0 aliphatic carbocycles. The molecule has 2 N–H and O–H groups in total. The number of methoxy groups -OCH3 is 2. The Morgan fingerprint density at radius 1 is 1.17 bits per heavy atom. The predicted octanol–water partition coefficient (Wildman–Crippen LogP) is 1.12. The maximum absolute atomic E-state index is 11.5. The molecule has 0 fully saturated rings. The number of carbonyl (C=O) groups excluding carboxylic acids is 1. The molecule has 1 aromatic carbocycles. The van der Waals surface area contributed by atoms with Crippen molar-refractivity contribution in [2.45, 2.75) is 26.7 Å². The minimum absolute atomic E-state index is 0.203. The number of nitrogens with one attached hydrogen (secondary N) is 2. The highest BCUT2D eigenvalue weighted by atomic mass is 16.5. The first-order chi connectivity index (χ1) is 14.5. The van der Waals surface area contributed by atoms with Gasteiger partial charge in [-0.05, 0) is 49.6 Å². The van der Waals surface area contributed by atoms with Crippen molar-refractivity contribution in [2.24, 2.45) is 4.99 Å². The van der Waals surface area contributed by atoms with Crippen molar-refractivity contribution < 1.29 is 14.3 Å². The maximum Gasteiger partial charge on any atom is 0.305 e. The summed E-state index contributed by atoms with van der Waals surface area (Å²) in [6.45, 7) is 4.08. The molecular formula is C24H25N3O3. The third-order valence-corrected chi connectivity index (χ3v) is 5.50. The molecule has 3 heterocycles. The van der Waals surface area contributed by atoms with Crippen LogP contribution >= 0.6 is 0 Å².